The molecule has 0 aliphatic heterocycles. The molecule has 0 rings (SSSR count). The van der Waals surface area contributed by atoms with Gasteiger partial charge in [-0.05, 0) is 8.91 Å². The summed E-state index contributed by atoms with van der Waals surface area (Å²) in [5.74, 6) is 0. The van der Waals surface area contributed by atoms with Crippen LogP contribution in [0.2, 0.25) is 0 Å². The highest BCUT2D eigenvalue weighted by atomic mass is 32.4. The average Bonchev–Trinajstić information content (AvgIpc) is 1.68. The molecule has 0 radical (unpaired) electrons. The van der Waals surface area contributed by atoms with Crippen molar-refractivity contribution in [3.8, 4) is 0 Å². The highest BCUT2D eigenvalue weighted by Gasteiger charge is 2.38. The van der Waals surface area contributed by atoms with Crippen molar-refractivity contribution in [2.45, 2.75) is 0 Å². The quantitative estimate of drug-likeness (QED) is 0.552. The standard InChI is InChI=1S/CH3F3O3S/c1-6-8(3,4,5)7-2/h1H3. The second-order valence-corrected chi connectivity index (χ2v) is 2.61. The van der Waals surface area contributed by atoms with E-state index >= 15 is 0 Å². The molecule has 0 aromatic rings. The number of hydrogen-bond acceptors (Lipinski definition) is 3. The molecule has 7 heteroatoms. The van der Waals surface area contributed by atoms with Crippen molar-refractivity contribution >= 4 is 10.4 Å². The van der Waals surface area contributed by atoms with Crippen LogP contribution >= 0.6 is 0 Å². The largest absolute Gasteiger partial charge is 0.412 e. The maximum atomic E-state index is 11.3. The Morgan fingerprint density at radius 3 is 1.88 bits per heavy atom. The van der Waals surface area contributed by atoms with Crippen molar-refractivity contribution in [1.82, 2.24) is 0 Å². The van der Waals surface area contributed by atoms with E-state index in [1.165, 1.54) is 0 Å². The van der Waals surface area contributed by atoms with Crippen LogP contribution in [0.3, 0.4) is 0 Å². The molecule has 0 atom stereocenters. The van der Waals surface area contributed by atoms with E-state index in [4.69, 9.17) is 0 Å². The van der Waals surface area contributed by atoms with Crippen molar-refractivity contribution in [2.24, 2.45) is 0 Å². The topological polar surface area (TPSA) is 35.5 Å². The van der Waals surface area contributed by atoms with Gasteiger partial charge in [-0.15, -0.1) is 0 Å². The fourth-order valence-corrected chi connectivity index (χ4v) is 0.0772. The van der Waals surface area contributed by atoms with Crippen molar-refractivity contribution in [3.63, 3.8) is 0 Å². The summed E-state index contributed by atoms with van der Waals surface area (Å²) in [6, 6.07) is 0. The summed E-state index contributed by atoms with van der Waals surface area (Å²) < 4.78 is 47.2. The number of hydrogen-bond donors (Lipinski definition) is 0. The lowest BCUT2D eigenvalue weighted by atomic mass is 11.8. The van der Waals surface area contributed by atoms with Crippen LogP contribution in [0.4, 0.5) is 12.3 Å². The van der Waals surface area contributed by atoms with Gasteiger partial charge in [-0.1, -0.05) is 7.77 Å². The lowest BCUT2D eigenvalue weighted by Crippen LogP contribution is -2.21. The van der Waals surface area contributed by atoms with Gasteiger partial charge in [0.2, 0.25) is 0 Å². The molecule has 0 saturated heterocycles. The Kier molecular flexibility index (Phi) is 1.65. The van der Waals surface area contributed by atoms with Crippen molar-refractivity contribution < 1.29 is 25.1 Å². The highest BCUT2D eigenvalue weighted by molar-refractivity contribution is 8.02. The monoisotopic (exact) mass is 152 g/mol. The molecular weight excluding hydrogens is 149 g/mol. The van der Waals surface area contributed by atoms with Gasteiger partial charge in [0.25, 0.3) is 0 Å². The zero-order valence-corrected chi connectivity index (χ0v) is 4.58. The molecule has 3 nitrogen and oxygen atoms in total. The van der Waals surface area contributed by atoms with Crippen LogP contribution in [-0.4, -0.2) is 11.3 Å². The number of halogens is 3. The molecule has 0 amide bonds. The van der Waals surface area contributed by atoms with Crippen molar-refractivity contribution in [2.75, 3.05) is 7.11 Å². The molecule has 0 unspecified atom stereocenters. The van der Waals surface area contributed by atoms with Gasteiger partial charge in [0.05, 0.1) is 7.11 Å². The first-order chi connectivity index (χ1) is 3.39. The summed E-state index contributed by atoms with van der Waals surface area (Å²) in [6.45, 7) is 0. The van der Waals surface area contributed by atoms with Crippen molar-refractivity contribution in [1.29, 1.82) is 0 Å². The molecule has 0 aliphatic rings. The molecular formula is CH3F3O3S. The zero-order chi connectivity index (χ0) is 6.86. The van der Waals surface area contributed by atoms with Gasteiger partial charge in [-0.2, -0.15) is 4.21 Å². The summed E-state index contributed by atoms with van der Waals surface area (Å²) >= 11 is 0. The van der Waals surface area contributed by atoms with Gasteiger partial charge < -0.3 is 0 Å². The van der Waals surface area contributed by atoms with Gasteiger partial charge in [-0.3, -0.25) is 0 Å². The lowest BCUT2D eigenvalue weighted by Gasteiger charge is -2.13. The third-order valence-corrected chi connectivity index (χ3v) is 1.08. The Bertz CT molecular complexity index is 127. The van der Waals surface area contributed by atoms with Gasteiger partial charge in [-0.25, -0.2) is 4.18 Å². The normalized spacial score (nSPS) is 17.2. The van der Waals surface area contributed by atoms with E-state index < -0.39 is 10.4 Å². The van der Waals surface area contributed by atoms with Crippen LogP contribution in [0.5, 0.6) is 0 Å². The van der Waals surface area contributed by atoms with Crippen LogP contribution in [0, 0.1) is 0 Å². The van der Waals surface area contributed by atoms with Crippen molar-refractivity contribution in [3.05, 3.63) is 0 Å². The Labute approximate surface area is 43.7 Å². The van der Waals surface area contributed by atoms with Crippen LogP contribution in [0.15, 0.2) is 0 Å². The second kappa shape index (κ2) is 1.67. The SMILES string of the molecule is COS(=O)(F)(F)OF. The van der Waals surface area contributed by atoms with E-state index in [1.807, 2.05) is 0 Å². The first-order valence-electron chi connectivity index (χ1n) is 1.37. The van der Waals surface area contributed by atoms with Gasteiger partial charge in [0.1, 0.15) is 0 Å². The molecule has 0 bridgehead atoms. The third kappa shape index (κ3) is 2.24. The average molecular weight is 152 g/mol. The molecule has 0 aromatic heterocycles. The first-order valence-corrected chi connectivity index (χ1v) is 2.99. The molecule has 0 N–H and O–H groups in total. The van der Waals surface area contributed by atoms with E-state index in [9.17, 15) is 16.5 Å². The summed E-state index contributed by atoms with van der Waals surface area (Å²) in [5, 5.41) is 0. The van der Waals surface area contributed by atoms with Crippen LogP contribution in [-0.2, 0) is 19.0 Å². The smallest absolute Gasteiger partial charge is 0.247 e. The van der Waals surface area contributed by atoms with E-state index in [1.54, 1.807) is 4.39 Å². The van der Waals surface area contributed by atoms with Gasteiger partial charge in [0, 0.05) is 0 Å². The molecule has 52 valence electrons. The molecule has 0 spiro atoms. The molecule has 8 heavy (non-hydrogen) atoms. The van der Waals surface area contributed by atoms with Gasteiger partial charge in [0.15, 0.2) is 0 Å². The Morgan fingerprint density at radius 2 is 1.88 bits per heavy atom. The van der Waals surface area contributed by atoms with E-state index in [0.717, 1.165) is 0 Å². The second-order valence-electron chi connectivity index (χ2n) is 0.870. The molecule has 0 heterocycles. The summed E-state index contributed by atoms with van der Waals surface area (Å²) in [6.07, 6.45) is 0. The summed E-state index contributed by atoms with van der Waals surface area (Å²) in [7, 11) is -6.43. The van der Waals surface area contributed by atoms with Gasteiger partial charge >= 0.3 is 10.4 Å². The molecule has 0 saturated carbocycles. The van der Waals surface area contributed by atoms with E-state index in [2.05, 4.69) is 4.18 Å². The zero-order valence-electron chi connectivity index (χ0n) is 3.77. The lowest BCUT2D eigenvalue weighted by molar-refractivity contribution is -0.0455. The van der Waals surface area contributed by atoms with E-state index in [-0.39, 0.29) is 0 Å². The van der Waals surface area contributed by atoms with Crippen LogP contribution in [0.1, 0.15) is 0 Å². The van der Waals surface area contributed by atoms with E-state index in [0.29, 0.717) is 7.11 Å². The number of rotatable bonds is 2. The highest BCUT2D eigenvalue weighted by Crippen LogP contribution is 2.30. The maximum Gasteiger partial charge on any atom is 0.412 e. The predicted octanol–water partition coefficient (Wildman–Crippen LogP) is 0.953. The minimum atomic E-state index is -6.80. The summed E-state index contributed by atoms with van der Waals surface area (Å²) in [5.41, 5.74) is 0. The van der Waals surface area contributed by atoms with Crippen LogP contribution < -0.4 is 0 Å². The molecule has 0 aromatic carbocycles. The Hall–Kier alpha value is -0.140. The fourth-order valence-electron chi connectivity index (χ4n) is 0.0257. The summed E-state index contributed by atoms with van der Waals surface area (Å²) in [4.78, 5) is 0. The van der Waals surface area contributed by atoms with Crippen LogP contribution in [0.25, 0.3) is 0 Å². The Morgan fingerprint density at radius 1 is 1.50 bits per heavy atom. The molecule has 0 fully saturated rings. The fraction of sp³-hybridized carbons (Fsp3) is 1.00. The third-order valence-electron chi connectivity index (χ3n) is 0.361. The first kappa shape index (κ1) is 7.86. The Balaban J connectivity index is 4.25. The predicted molar refractivity (Wildman–Crippen MR) is 19.6 cm³/mol. The molecule has 0 aliphatic carbocycles. The maximum absolute atomic E-state index is 11.3. The minimum Gasteiger partial charge on any atom is -0.247 e. The minimum absolute atomic E-state index is 0.369.